The maximum Gasteiger partial charge on any atom is 0.243 e. The lowest BCUT2D eigenvalue weighted by Crippen LogP contribution is -2.56. The van der Waals surface area contributed by atoms with Crippen LogP contribution < -0.4 is 48.7 Å². The first-order valence-electron chi connectivity index (χ1n) is 21.0. The molecule has 0 aliphatic carbocycles. The first-order valence-corrected chi connectivity index (χ1v) is 21.4. The fraction of sp³-hybridized carbons (Fsp3) is 0.378. The van der Waals surface area contributed by atoms with Crippen molar-refractivity contribution in [1.82, 2.24) is 37.2 Å². The predicted octanol–water partition coefficient (Wildman–Crippen LogP) is 0.0375. The Morgan fingerprint density at radius 1 is 0.585 bits per heavy atom. The topological polar surface area (TPSA) is 313 Å². The third-order valence-corrected chi connectivity index (χ3v) is 10.0. The lowest BCUT2D eigenvalue weighted by atomic mass is 10.0. The van der Waals surface area contributed by atoms with E-state index in [1.165, 1.54) is 24.3 Å². The number of hydrogen-bond donors (Lipinski definition) is 11. The third-order valence-electron chi connectivity index (χ3n) is 9.77. The van der Waals surface area contributed by atoms with Crippen molar-refractivity contribution >= 4 is 58.9 Å². The summed E-state index contributed by atoms with van der Waals surface area (Å²) in [4.78, 5) is 104. The van der Waals surface area contributed by atoms with Crippen molar-refractivity contribution in [2.75, 3.05) is 26.2 Å². The van der Waals surface area contributed by atoms with Crippen LogP contribution in [0.1, 0.15) is 55.7 Å². The molecule has 0 bridgehead atoms. The second-order valence-electron chi connectivity index (χ2n) is 15.0. The van der Waals surface area contributed by atoms with Crippen molar-refractivity contribution in [2.45, 2.75) is 82.5 Å². The van der Waals surface area contributed by atoms with Gasteiger partial charge in [-0.1, -0.05) is 60.2 Å². The number of hydrogen-bond acceptors (Lipinski definition) is 11. The molecular formula is C45H58ClN9O10. The van der Waals surface area contributed by atoms with Crippen LogP contribution >= 0.6 is 11.6 Å². The molecule has 350 valence electrons. The van der Waals surface area contributed by atoms with Crippen LogP contribution in [0, 0.1) is 0 Å². The number of phenols is 2. The molecule has 0 radical (unpaired) electrons. The number of rotatable bonds is 27. The minimum absolute atomic E-state index is 0.0182. The van der Waals surface area contributed by atoms with E-state index in [-0.39, 0.29) is 43.6 Å². The van der Waals surface area contributed by atoms with Gasteiger partial charge in [0, 0.05) is 24.3 Å². The van der Waals surface area contributed by atoms with E-state index in [9.17, 15) is 48.6 Å². The quantitative estimate of drug-likeness (QED) is 0.0358. The van der Waals surface area contributed by atoms with E-state index < -0.39 is 91.1 Å². The zero-order valence-electron chi connectivity index (χ0n) is 36.1. The molecule has 3 rings (SSSR count). The number of allylic oxidation sites excluding steroid dienone is 1. The second-order valence-corrected chi connectivity index (χ2v) is 15.4. The molecule has 13 N–H and O–H groups in total. The number of unbranched alkanes of at least 4 members (excludes halogenated alkanes) is 1. The molecule has 0 aromatic heterocycles. The van der Waals surface area contributed by atoms with Gasteiger partial charge in [0.2, 0.25) is 47.3 Å². The summed E-state index contributed by atoms with van der Waals surface area (Å²) in [7, 11) is 0. The molecule has 4 unspecified atom stereocenters. The van der Waals surface area contributed by atoms with E-state index in [2.05, 4.69) is 37.2 Å². The van der Waals surface area contributed by atoms with Gasteiger partial charge in [-0.3, -0.25) is 38.4 Å². The average Bonchev–Trinajstić information content (AvgIpc) is 3.28. The number of benzene rings is 3. The Morgan fingerprint density at radius 3 is 1.63 bits per heavy atom. The smallest absolute Gasteiger partial charge is 0.243 e. The zero-order chi connectivity index (χ0) is 47.7. The Bertz CT molecular complexity index is 2100. The molecule has 0 aliphatic rings. The number of amides is 8. The van der Waals surface area contributed by atoms with Gasteiger partial charge in [-0.25, -0.2) is 0 Å². The summed E-state index contributed by atoms with van der Waals surface area (Å²) in [5, 5.41) is 37.5. The molecular weight excluding hydrogens is 862 g/mol. The van der Waals surface area contributed by atoms with Crippen molar-refractivity contribution in [3.63, 3.8) is 0 Å². The summed E-state index contributed by atoms with van der Waals surface area (Å²) in [6, 6.07) is 14.4. The Labute approximate surface area is 381 Å². The van der Waals surface area contributed by atoms with Gasteiger partial charge in [0.15, 0.2) is 0 Å². The lowest BCUT2D eigenvalue weighted by Gasteiger charge is -2.23. The Balaban J connectivity index is 1.59. The van der Waals surface area contributed by atoms with Crippen LogP contribution in [0.4, 0.5) is 0 Å². The highest BCUT2D eigenvalue weighted by molar-refractivity contribution is 6.30. The molecule has 19 nitrogen and oxygen atoms in total. The van der Waals surface area contributed by atoms with Crippen molar-refractivity contribution in [3.05, 3.63) is 107 Å². The number of carbonyl (C=O) groups is 8. The standard InChI is InChI=1S/C45H58ClN9O10/c1-2-3-6-35(52-38(58)21-14-28-8-15-31(46)16-9-28)45(65)55-37(24-30-12-19-33(57)20-13-30)44(64)51-27-41(61)53-34(7-4-5-22-47)43(63)50-25-39(59)49-26-40(60)54-36(42(48)62)23-29-10-17-32(56)18-11-29/h2-3,8-13,15-20,34-37,56-57H,4-7,14,21-27,47H2,1H3,(H2,48,62)(H,49,59)(H,50,63)(H,51,64)(H,52,58)(H,53,61)(H,54,60)(H,55,65)/b3-2+. The number of aryl methyl sites for hydroxylation is 1. The first-order chi connectivity index (χ1) is 31.1. The van der Waals surface area contributed by atoms with Crippen LogP contribution in [0.25, 0.3) is 0 Å². The molecule has 8 amide bonds. The number of nitrogens with two attached hydrogens (primary N) is 2. The Hall–Kier alpha value is -6.99. The summed E-state index contributed by atoms with van der Waals surface area (Å²) >= 11 is 5.96. The van der Waals surface area contributed by atoms with Crippen LogP contribution in [-0.4, -0.2) is 108 Å². The molecule has 65 heavy (non-hydrogen) atoms. The Kier molecular flexibility index (Phi) is 22.5. The van der Waals surface area contributed by atoms with Gasteiger partial charge in [-0.05, 0) is 98.7 Å². The maximum absolute atomic E-state index is 13.7. The van der Waals surface area contributed by atoms with E-state index in [1.54, 1.807) is 67.6 Å². The normalized spacial score (nSPS) is 12.7. The molecule has 0 heterocycles. The predicted molar refractivity (Wildman–Crippen MR) is 242 cm³/mol. The summed E-state index contributed by atoms with van der Waals surface area (Å²) in [6.07, 6.45) is 5.05. The van der Waals surface area contributed by atoms with Crippen LogP contribution in [-0.2, 0) is 57.6 Å². The molecule has 3 aromatic carbocycles. The van der Waals surface area contributed by atoms with E-state index in [0.717, 1.165) is 5.56 Å². The SMILES string of the molecule is C/C=C/CC(NC(=O)CCc1ccc(Cl)cc1)C(=O)NC(Cc1ccc(O)cc1)C(=O)NCC(=O)NC(CCCCN)C(=O)NCC(=O)NCC(=O)NC(Cc1ccc(O)cc1)C(N)=O. The van der Waals surface area contributed by atoms with Gasteiger partial charge in [0.25, 0.3) is 0 Å². The highest BCUT2D eigenvalue weighted by Gasteiger charge is 2.28. The first kappa shape index (κ1) is 52.4. The number of carbonyl (C=O) groups excluding carboxylic acids is 8. The molecule has 0 aliphatic heterocycles. The summed E-state index contributed by atoms with van der Waals surface area (Å²) in [5.41, 5.74) is 13.1. The number of halogens is 1. The Morgan fingerprint density at radius 2 is 1.08 bits per heavy atom. The number of phenolic OH excluding ortho intramolecular Hbond substituents is 2. The van der Waals surface area contributed by atoms with Crippen LogP contribution in [0.5, 0.6) is 11.5 Å². The highest BCUT2D eigenvalue weighted by atomic mass is 35.5. The van der Waals surface area contributed by atoms with Gasteiger partial charge in [-0.2, -0.15) is 0 Å². The fourth-order valence-electron chi connectivity index (χ4n) is 6.19. The molecule has 0 saturated heterocycles. The van der Waals surface area contributed by atoms with Gasteiger partial charge in [0.05, 0.1) is 19.6 Å². The average molecular weight is 920 g/mol. The van der Waals surface area contributed by atoms with Crippen molar-refractivity contribution < 1.29 is 48.6 Å². The fourth-order valence-corrected chi connectivity index (χ4v) is 6.32. The molecule has 3 aromatic rings. The van der Waals surface area contributed by atoms with Gasteiger partial charge in [-0.15, -0.1) is 0 Å². The summed E-state index contributed by atoms with van der Waals surface area (Å²) in [5.74, 6) is -5.61. The summed E-state index contributed by atoms with van der Waals surface area (Å²) < 4.78 is 0. The van der Waals surface area contributed by atoms with Gasteiger partial charge < -0.3 is 58.9 Å². The van der Waals surface area contributed by atoms with Crippen molar-refractivity contribution in [3.8, 4) is 11.5 Å². The summed E-state index contributed by atoms with van der Waals surface area (Å²) in [6.45, 7) is 0.332. The van der Waals surface area contributed by atoms with Crippen molar-refractivity contribution in [2.24, 2.45) is 11.5 Å². The van der Waals surface area contributed by atoms with Crippen LogP contribution in [0.15, 0.2) is 84.9 Å². The molecule has 20 heteroatoms. The van der Waals surface area contributed by atoms with Gasteiger partial charge in [0.1, 0.15) is 35.7 Å². The second kappa shape index (κ2) is 27.9. The van der Waals surface area contributed by atoms with E-state index in [4.69, 9.17) is 23.1 Å². The molecule has 4 atom stereocenters. The monoisotopic (exact) mass is 919 g/mol. The van der Waals surface area contributed by atoms with E-state index in [0.29, 0.717) is 42.0 Å². The molecule has 0 fully saturated rings. The maximum atomic E-state index is 13.7. The lowest BCUT2D eigenvalue weighted by molar-refractivity contribution is -0.133. The third kappa shape index (κ3) is 20.4. The molecule has 0 saturated carbocycles. The van der Waals surface area contributed by atoms with Gasteiger partial charge >= 0.3 is 0 Å². The van der Waals surface area contributed by atoms with E-state index in [1.807, 2.05) is 0 Å². The van der Waals surface area contributed by atoms with E-state index >= 15 is 0 Å². The number of aromatic hydroxyl groups is 2. The number of nitrogens with one attached hydrogen (secondary N) is 7. The minimum atomic E-state index is -1.25. The van der Waals surface area contributed by atoms with Crippen molar-refractivity contribution in [1.29, 1.82) is 0 Å². The van der Waals surface area contributed by atoms with Crippen LogP contribution in [0.3, 0.4) is 0 Å². The largest absolute Gasteiger partial charge is 0.508 e. The van der Waals surface area contributed by atoms with Crippen LogP contribution in [0.2, 0.25) is 5.02 Å². The minimum Gasteiger partial charge on any atom is -0.508 e. The molecule has 0 spiro atoms. The zero-order valence-corrected chi connectivity index (χ0v) is 36.8. The highest BCUT2D eigenvalue weighted by Crippen LogP contribution is 2.14. The number of primary amides is 1.